The van der Waals surface area contributed by atoms with E-state index in [1.165, 1.54) is 25.9 Å². The fourth-order valence-corrected chi connectivity index (χ4v) is 2.67. The van der Waals surface area contributed by atoms with Gasteiger partial charge in [0, 0.05) is 38.3 Å². The van der Waals surface area contributed by atoms with E-state index in [0.717, 1.165) is 13.2 Å². The van der Waals surface area contributed by atoms with Gasteiger partial charge in [-0.1, -0.05) is 0 Å². The molecule has 0 saturated carbocycles. The summed E-state index contributed by atoms with van der Waals surface area (Å²) in [6.07, 6.45) is 3.02. The maximum absolute atomic E-state index is 5.66. The molecule has 0 aromatic heterocycles. The van der Waals surface area contributed by atoms with Gasteiger partial charge in [0.05, 0.1) is 6.10 Å². The molecule has 2 aliphatic rings. The Morgan fingerprint density at radius 1 is 1.29 bits per heavy atom. The minimum Gasteiger partial charge on any atom is -0.377 e. The molecule has 2 aliphatic heterocycles. The molecule has 0 aliphatic carbocycles. The summed E-state index contributed by atoms with van der Waals surface area (Å²) in [6.45, 7) is 8.98. The number of rotatable bonds is 2. The molecule has 3 unspecified atom stereocenters. The molecule has 2 fully saturated rings. The lowest BCUT2D eigenvalue weighted by Crippen LogP contribution is -2.55. The van der Waals surface area contributed by atoms with E-state index in [2.05, 4.69) is 24.1 Å². The van der Waals surface area contributed by atoms with E-state index in [0.29, 0.717) is 18.2 Å². The summed E-state index contributed by atoms with van der Waals surface area (Å²) in [7, 11) is 0. The van der Waals surface area contributed by atoms with Crippen molar-refractivity contribution >= 4 is 0 Å². The van der Waals surface area contributed by atoms with Gasteiger partial charge in [-0.05, 0) is 26.7 Å². The molecule has 0 aromatic rings. The maximum Gasteiger partial charge on any atom is 0.0702 e. The van der Waals surface area contributed by atoms with Crippen LogP contribution in [0.4, 0.5) is 0 Å². The highest BCUT2D eigenvalue weighted by atomic mass is 16.5. The minimum atomic E-state index is 0.507. The van der Waals surface area contributed by atoms with E-state index in [9.17, 15) is 0 Å². The fourth-order valence-electron chi connectivity index (χ4n) is 2.67. The van der Waals surface area contributed by atoms with E-state index in [4.69, 9.17) is 4.74 Å². The number of nitrogens with one attached hydrogen (secondary N) is 1. The molecule has 0 radical (unpaired) electrons. The van der Waals surface area contributed by atoms with Crippen molar-refractivity contribution in [2.45, 2.75) is 44.9 Å². The van der Waals surface area contributed by atoms with Crippen LogP contribution in [-0.2, 0) is 4.74 Å². The van der Waals surface area contributed by atoms with Gasteiger partial charge in [0.25, 0.3) is 0 Å². The molecule has 0 spiro atoms. The molecule has 0 amide bonds. The van der Waals surface area contributed by atoms with Crippen molar-refractivity contribution in [2.75, 3.05) is 26.2 Å². The van der Waals surface area contributed by atoms with Crippen LogP contribution in [0.1, 0.15) is 26.7 Å². The van der Waals surface area contributed by atoms with Crippen LogP contribution in [0.3, 0.4) is 0 Å². The van der Waals surface area contributed by atoms with E-state index in [-0.39, 0.29) is 0 Å². The predicted molar refractivity (Wildman–Crippen MR) is 57.5 cm³/mol. The molecule has 3 atom stereocenters. The molecule has 3 heteroatoms. The number of nitrogens with zero attached hydrogens (tertiary/aromatic N) is 1. The topological polar surface area (TPSA) is 24.5 Å². The summed E-state index contributed by atoms with van der Waals surface area (Å²) in [5.41, 5.74) is 0. The molecule has 1 N–H and O–H groups in total. The average molecular weight is 198 g/mol. The van der Waals surface area contributed by atoms with Crippen molar-refractivity contribution in [1.29, 1.82) is 0 Å². The summed E-state index contributed by atoms with van der Waals surface area (Å²) >= 11 is 0. The lowest BCUT2D eigenvalue weighted by Gasteiger charge is -2.37. The van der Waals surface area contributed by atoms with E-state index in [1.54, 1.807) is 0 Å². The van der Waals surface area contributed by atoms with Crippen LogP contribution >= 0.6 is 0 Å². The van der Waals surface area contributed by atoms with Gasteiger partial charge >= 0.3 is 0 Å². The fraction of sp³-hybridized carbons (Fsp3) is 1.00. The Hall–Kier alpha value is -0.120. The Morgan fingerprint density at radius 3 is 2.57 bits per heavy atom. The summed E-state index contributed by atoms with van der Waals surface area (Å²) in [5.74, 6) is 0. The summed E-state index contributed by atoms with van der Waals surface area (Å²) in [5, 5.41) is 3.55. The first kappa shape index (κ1) is 10.4. The Labute approximate surface area is 86.8 Å². The largest absolute Gasteiger partial charge is 0.377 e. The van der Waals surface area contributed by atoms with Crippen LogP contribution in [-0.4, -0.2) is 49.3 Å². The van der Waals surface area contributed by atoms with Crippen molar-refractivity contribution in [2.24, 2.45) is 0 Å². The van der Waals surface area contributed by atoms with Gasteiger partial charge in [0.15, 0.2) is 0 Å². The first-order valence-electron chi connectivity index (χ1n) is 5.84. The zero-order valence-corrected chi connectivity index (χ0v) is 9.33. The van der Waals surface area contributed by atoms with Crippen LogP contribution in [0.5, 0.6) is 0 Å². The van der Waals surface area contributed by atoms with Gasteiger partial charge < -0.3 is 10.1 Å². The zero-order chi connectivity index (χ0) is 9.97. The molecule has 2 heterocycles. The first-order chi connectivity index (χ1) is 6.74. The molecule has 3 nitrogen and oxygen atoms in total. The first-order valence-corrected chi connectivity index (χ1v) is 5.84. The SMILES string of the molecule is CC1CN(CC2CCCO2)CC(C)N1. The highest BCUT2D eigenvalue weighted by Gasteiger charge is 2.25. The Balaban J connectivity index is 1.78. The van der Waals surface area contributed by atoms with Crippen LogP contribution in [0.25, 0.3) is 0 Å². The van der Waals surface area contributed by atoms with Crippen molar-refractivity contribution in [1.82, 2.24) is 10.2 Å². The third-order valence-electron chi connectivity index (χ3n) is 3.12. The zero-order valence-electron chi connectivity index (χ0n) is 9.33. The van der Waals surface area contributed by atoms with Crippen molar-refractivity contribution < 1.29 is 4.74 Å². The van der Waals surface area contributed by atoms with Gasteiger partial charge in [-0.25, -0.2) is 0 Å². The summed E-state index contributed by atoms with van der Waals surface area (Å²) in [4.78, 5) is 2.54. The second-order valence-electron chi connectivity index (χ2n) is 4.82. The molecule has 0 aromatic carbocycles. The molecule has 2 saturated heterocycles. The molecular weight excluding hydrogens is 176 g/mol. The third-order valence-corrected chi connectivity index (χ3v) is 3.12. The highest BCUT2D eigenvalue weighted by Crippen LogP contribution is 2.15. The van der Waals surface area contributed by atoms with Crippen LogP contribution in [0.2, 0.25) is 0 Å². The molecule has 0 bridgehead atoms. The third kappa shape index (κ3) is 2.69. The van der Waals surface area contributed by atoms with E-state index < -0.39 is 0 Å². The summed E-state index contributed by atoms with van der Waals surface area (Å²) < 4.78 is 5.66. The smallest absolute Gasteiger partial charge is 0.0702 e. The van der Waals surface area contributed by atoms with Gasteiger partial charge in [0.2, 0.25) is 0 Å². The summed E-state index contributed by atoms with van der Waals surface area (Å²) in [6, 6.07) is 1.25. The molecule has 2 rings (SSSR count). The van der Waals surface area contributed by atoms with E-state index >= 15 is 0 Å². The monoisotopic (exact) mass is 198 g/mol. The van der Waals surface area contributed by atoms with Crippen molar-refractivity contribution in [3.63, 3.8) is 0 Å². The Morgan fingerprint density at radius 2 is 2.00 bits per heavy atom. The highest BCUT2D eigenvalue weighted by molar-refractivity contribution is 4.83. The van der Waals surface area contributed by atoms with Gasteiger partial charge in [-0.3, -0.25) is 4.90 Å². The Kier molecular flexibility index (Phi) is 3.42. The normalized spacial score (nSPS) is 40.3. The number of hydrogen-bond acceptors (Lipinski definition) is 3. The van der Waals surface area contributed by atoms with Crippen LogP contribution in [0.15, 0.2) is 0 Å². The quantitative estimate of drug-likeness (QED) is 0.712. The second kappa shape index (κ2) is 4.60. The standard InChI is InChI=1S/C11H22N2O/c1-9-6-13(7-10(2)12-9)8-11-4-3-5-14-11/h9-12H,3-8H2,1-2H3. The van der Waals surface area contributed by atoms with Gasteiger partial charge in [0.1, 0.15) is 0 Å². The molecule has 14 heavy (non-hydrogen) atoms. The van der Waals surface area contributed by atoms with Crippen molar-refractivity contribution in [3.8, 4) is 0 Å². The maximum atomic E-state index is 5.66. The van der Waals surface area contributed by atoms with Gasteiger partial charge in [-0.2, -0.15) is 0 Å². The van der Waals surface area contributed by atoms with E-state index in [1.807, 2.05) is 0 Å². The Bertz CT molecular complexity index is 170. The van der Waals surface area contributed by atoms with Gasteiger partial charge in [-0.15, -0.1) is 0 Å². The van der Waals surface area contributed by atoms with Crippen molar-refractivity contribution in [3.05, 3.63) is 0 Å². The molecule has 82 valence electrons. The lowest BCUT2D eigenvalue weighted by atomic mass is 10.1. The number of ether oxygens (including phenoxy) is 1. The van der Waals surface area contributed by atoms with Crippen LogP contribution < -0.4 is 5.32 Å². The minimum absolute atomic E-state index is 0.507. The number of hydrogen-bond donors (Lipinski definition) is 1. The average Bonchev–Trinajstić information content (AvgIpc) is 2.54. The molecular formula is C11H22N2O. The second-order valence-corrected chi connectivity index (χ2v) is 4.82. The number of piperazine rings is 1. The van der Waals surface area contributed by atoms with Crippen LogP contribution in [0, 0.1) is 0 Å². The lowest BCUT2D eigenvalue weighted by molar-refractivity contribution is 0.0570. The predicted octanol–water partition coefficient (Wildman–Crippen LogP) is 0.848.